The Morgan fingerprint density at radius 2 is 2.13 bits per heavy atom. The second kappa shape index (κ2) is 9.93. The molecule has 0 spiro atoms. The van der Waals surface area contributed by atoms with E-state index in [9.17, 15) is 15.3 Å². The van der Waals surface area contributed by atoms with E-state index in [1.165, 1.54) is 17.4 Å². The summed E-state index contributed by atoms with van der Waals surface area (Å²) in [6, 6.07) is 9.62. The van der Waals surface area contributed by atoms with Crippen molar-refractivity contribution in [2.24, 2.45) is 0 Å². The van der Waals surface area contributed by atoms with Crippen molar-refractivity contribution in [3.63, 3.8) is 0 Å². The van der Waals surface area contributed by atoms with Crippen LogP contribution in [0.5, 0.6) is 5.75 Å². The van der Waals surface area contributed by atoms with Crippen molar-refractivity contribution in [3.8, 4) is 17.9 Å². The van der Waals surface area contributed by atoms with Gasteiger partial charge in [-0.2, -0.15) is 10.5 Å². The van der Waals surface area contributed by atoms with E-state index in [4.69, 9.17) is 4.74 Å². The highest BCUT2D eigenvalue weighted by Gasteiger charge is 2.22. The Kier molecular flexibility index (Phi) is 7.31. The van der Waals surface area contributed by atoms with Crippen LogP contribution >= 0.6 is 27.3 Å². The summed E-state index contributed by atoms with van der Waals surface area (Å²) in [5, 5.41) is 22.4. The van der Waals surface area contributed by atoms with E-state index >= 15 is 0 Å². The fourth-order valence-corrected chi connectivity index (χ4v) is 4.99. The molecule has 5 nitrogen and oxygen atoms in total. The molecule has 1 N–H and O–H groups in total. The van der Waals surface area contributed by atoms with Gasteiger partial charge in [0.1, 0.15) is 28.5 Å². The van der Waals surface area contributed by atoms with Gasteiger partial charge in [-0.1, -0.05) is 13.0 Å². The summed E-state index contributed by atoms with van der Waals surface area (Å²) in [7, 11) is 0. The van der Waals surface area contributed by atoms with Crippen molar-refractivity contribution in [1.29, 1.82) is 10.5 Å². The Labute approximate surface area is 189 Å². The normalized spacial score (nSPS) is 14.2. The lowest BCUT2D eigenvalue weighted by Crippen LogP contribution is -2.13. The van der Waals surface area contributed by atoms with Gasteiger partial charge in [-0.25, -0.2) is 0 Å². The molecule has 0 aliphatic heterocycles. The average Bonchev–Trinajstić information content (AvgIpc) is 3.10. The number of hydrogen-bond donors (Lipinski definition) is 1. The first-order valence-corrected chi connectivity index (χ1v) is 11.5. The Hall–Kier alpha value is -2.61. The molecule has 0 saturated heterocycles. The third kappa shape index (κ3) is 4.92. The number of benzene rings is 1. The van der Waals surface area contributed by atoms with E-state index in [-0.39, 0.29) is 11.7 Å². The van der Waals surface area contributed by atoms with Gasteiger partial charge in [-0.05, 0) is 84.3 Å². The first kappa shape index (κ1) is 22.1. The van der Waals surface area contributed by atoms with Gasteiger partial charge in [0.15, 0.2) is 0 Å². The summed E-state index contributed by atoms with van der Waals surface area (Å²) in [4.78, 5) is 13.9. The van der Waals surface area contributed by atoms with E-state index in [1.54, 1.807) is 6.07 Å². The molecule has 7 heteroatoms. The largest absolute Gasteiger partial charge is 0.490 e. The van der Waals surface area contributed by atoms with Crippen molar-refractivity contribution in [2.45, 2.75) is 52.1 Å². The number of ether oxygens (including phenoxy) is 1. The molecule has 0 unspecified atom stereocenters. The summed E-state index contributed by atoms with van der Waals surface area (Å²) in [6.45, 7) is 4.05. The monoisotopic (exact) mass is 483 g/mol. The van der Waals surface area contributed by atoms with E-state index < -0.39 is 5.91 Å². The number of amides is 1. The molecule has 154 valence electrons. The number of nitriles is 2. The van der Waals surface area contributed by atoms with Crippen LogP contribution < -0.4 is 10.1 Å². The van der Waals surface area contributed by atoms with Gasteiger partial charge in [0.25, 0.3) is 5.91 Å². The zero-order valence-electron chi connectivity index (χ0n) is 16.9. The first-order valence-electron chi connectivity index (χ1n) is 9.90. The van der Waals surface area contributed by atoms with Crippen LogP contribution in [-0.4, -0.2) is 12.0 Å². The Balaban J connectivity index is 1.81. The number of fused-ring (bicyclic) bond motifs is 1. The molecule has 30 heavy (non-hydrogen) atoms. The number of halogens is 1. The van der Waals surface area contributed by atoms with Crippen molar-refractivity contribution >= 4 is 44.3 Å². The topological polar surface area (TPSA) is 85.9 Å². The molecule has 0 saturated carbocycles. The summed E-state index contributed by atoms with van der Waals surface area (Å²) >= 11 is 4.93. The maximum Gasteiger partial charge on any atom is 0.266 e. The lowest BCUT2D eigenvalue weighted by molar-refractivity contribution is -0.112. The van der Waals surface area contributed by atoms with Crippen LogP contribution in [-0.2, 0) is 17.6 Å². The maximum absolute atomic E-state index is 12.7. The SMILES string of the molecule is CC[C@H](C)Oc1ccc(/C=C(\C#N)C(=O)Nc2sc3c(c2C#N)CCCC3)cc1Br. The van der Waals surface area contributed by atoms with Crippen molar-refractivity contribution in [1.82, 2.24) is 0 Å². The maximum atomic E-state index is 12.7. The molecule has 1 heterocycles. The quantitative estimate of drug-likeness (QED) is 0.404. The van der Waals surface area contributed by atoms with Crippen molar-refractivity contribution in [3.05, 3.63) is 49.8 Å². The number of nitrogens with one attached hydrogen (secondary N) is 1. The highest BCUT2D eigenvalue weighted by molar-refractivity contribution is 9.10. The standard InChI is InChI=1S/C23H22BrN3O2S/c1-3-14(2)29-20-9-8-15(11-19(20)24)10-16(12-25)22(28)27-23-18(13-26)17-6-4-5-7-21(17)30-23/h8-11,14H,3-7H2,1-2H3,(H,27,28)/b16-10+/t14-/m0/s1. The smallest absolute Gasteiger partial charge is 0.266 e. The van der Waals surface area contributed by atoms with Gasteiger partial charge in [0.05, 0.1) is 16.1 Å². The molecule has 1 atom stereocenters. The van der Waals surface area contributed by atoms with Crippen molar-refractivity contribution in [2.75, 3.05) is 5.32 Å². The molecule has 0 fully saturated rings. The van der Waals surface area contributed by atoms with Crippen LogP contribution in [0.3, 0.4) is 0 Å². The van der Waals surface area contributed by atoms with Crippen LogP contribution in [0.2, 0.25) is 0 Å². The van der Waals surface area contributed by atoms with Crippen LogP contribution in [0.15, 0.2) is 28.2 Å². The van der Waals surface area contributed by atoms with Gasteiger partial charge < -0.3 is 10.1 Å². The third-order valence-electron chi connectivity index (χ3n) is 5.05. The second-order valence-corrected chi connectivity index (χ2v) is 9.14. The molecule has 1 aliphatic rings. The lowest BCUT2D eigenvalue weighted by Gasteiger charge is -2.14. The van der Waals surface area contributed by atoms with Crippen LogP contribution in [0.25, 0.3) is 6.08 Å². The molecule has 2 aromatic rings. The van der Waals surface area contributed by atoms with Crippen LogP contribution in [0.1, 0.15) is 54.7 Å². The average molecular weight is 484 g/mol. The van der Waals surface area contributed by atoms with E-state index in [0.717, 1.165) is 47.0 Å². The second-order valence-electron chi connectivity index (χ2n) is 7.18. The summed E-state index contributed by atoms with van der Waals surface area (Å²) in [5.41, 5.74) is 2.27. The summed E-state index contributed by atoms with van der Waals surface area (Å²) < 4.78 is 6.59. The van der Waals surface area contributed by atoms with Crippen LogP contribution in [0.4, 0.5) is 5.00 Å². The molecule has 1 aliphatic carbocycles. The highest BCUT2D eigenvalue weighted by Crippen LogP contribution is 2.37. The van der Waals surface area contributed by atoms with Gasteiger partial charge >= 0.3 is 0 Å². The molecular formula is C23H22BrN3O2S. The molecule has 1 aromatic carbocycles. The molecule has 0 bridgehead atoms. The zero-order valence-corrected chi connectivity index (χ0v) is 19.3. The Morgan fingerprint density at radius 3 is 2.80 bits per heavy atom. The fraction of sp³-hybridized carbons (Fsp3) is 0.348. The minimum Gasteiger partial charge on any atom is -0.490 e. The molecule has 3 rings (SSSR count). The fourth-order valence-electron chi connectivity index (χ4n) is 3.26. The molecule has 0 radical (unpaired) electrons. The number of nitrogens with zero attached hydrogens (tertiary/aromatic N) is 2. The van der Waals surface area contributed by atoms with Crippen molar-refractivity contribution < 1.29 is 9.53 Å². The molecule has 1 amide bonds. The number of rotatable bonds is 6. The third-order valence-corrected chi connectivity index (χ3v) is 6.87. The Morgan fingerprint density at radius 1 is 1.37 bits per heavy atom. The van der Waals surface area contributed by atoms with Gasteiger partial charge in [0, 0.05) is 4.88 Å². The first-order chi connectivity index (χ1) is 14.5. The summed E-state index contributed by atoms with van der Waals surface area (Å²) in [5.74, 6) is 0.205. The lowest BCUT2D eigenvalue weighted by atomic mass is 9.96. The number of anilines is 1. The number of hydrogen-bond acceptors (Lipinski definition) is 5. The van der Waals surface area contributed by atoms with Gasteiger partial charge in [-0.15, -0.1) is 11.3 Å². The number of carbonyl (C=O) groups is 1. The number of thiophene rings is 1. The predicted molar refractivity (Wildman–Crippen MR) is 122 cm³/mol. The van der Waals surface area contributed by atoms with Crippen LogP contribution in [0, 0.1) is 22.7 Å². The summed E-state index contributed by atoms with van der Waals surface area (Å²) in [6.07, 6.45) is 6.47. The number of carbonyl (C=O) groups excluding carboxylic acids is 1. The van der Waals surface area contributed by atoms with Gasteiger partial charge in [-0.3, -0.25) is 4.79 Å². The zero-order chi connectivity index (χ0) is 21.7. The van der Waals surface area contributed by atoms with E-state index in [2.05, 4.69) is 34.2 Å². The predicted octanol–water partition coefficient (Wildman–Crippen LogP) is 5.98. The molecular weight excluding hydrogens is 462 g/mol. The van der Waals surface area contributed by atoms with E-state index in [1.807, 2.05) is 25.1 Å². The highest BCUT2D eigenvalue weighted by atomic mass is 79.9. The Bertz CT molecular complexity index is 1080. The minimum atomic E-state index is -0.511. The van der Waals surface area contributed by atoms with Gasteiger partial charge in [0.2, 0.25) is 0 Å². The van der Waals surface area contributed by atoms with E-state index in [0.29, 0.717) is 21.9 Å². The molecule has 1 aromatic heterocycles. The number of aryl methyl sites for hydroxylation is 1. The minimum absolute atomic E-state index is 0.0206.